The Balaban J connectivity index is 1.97. The van der Waals surface area contributed by atoms with E-state index in [1.165, 1.54) is 11.3 Å². The molecule has 0 fully saturated rings. The van der Waals surface area contributed by atoms with Gasteiger partial charge in [-0.15, -0.1) is 0 Å². The molecular weight excluding hydrogens is 267 g/mol. The van der Waals surface area contributed by atoms with Crippen molar-refractivity contribution in [1.29, 1.82) is 0 Å². The maximum atomic E-state index is 14.0. The number of nitrogens with zero attached hydrogens (tertiary/aromatic N) is 2. The van der Waals surface area contributed by atoms with E-state index in [0.29, 0.717) is 12.1 Å². The summed E-state index contributed by atoms with van der Waals surface area (Å²) in [6, 6.07) is 1.61. The Hall–Kier alpha value is -1.84. The first-order chi connectivity index (χ1) is 10.2. The fraction of sp³-hybridized carbons (Fsp3) is 0.471. The van der Waals surface area contributed by atoms with Crippen molar-refractivity contribution in [2.75, 3.05) is 18.6 Å². The van der Waals surface area contributed by atoms with Crippen LogP contribution in [0.1, 0.15) is 38.3 Å². The summed E-state index contributed by atoms with van der Waals surface area (Å²) in [5.74, 6) is 0.786. The predicted octanol–water partition coefficient (Wildman–Crippen LogP) is 3.96. The van der Waals surface area contributed by atoms with Crippen LogP contribution in [0.4, 0.5) is 10.1 Å². The smallest absolute Gasteiger partial charge is 0.146 e. The Morgan fingerprint density at radius 2 is 2.19 bits per heavy atom. The van der Waals surface area contributed by atoms with Crippen LogP contribution in [0.15, 0.2) is 35.4 Å². The summed E-state index contributed by atoms with van der Waals surface area (Å²) in [5, 5.41) is 0. The topological polar surface area (TPSA) is 25.4 Å². The molecule has 0 saturated carbocycles. The first-order valence-electron chi connectivity index (χ1n) is 7.61. The number of rotatable bonds is 3. The molecule has 0 spiro atoms. The van der Waals surface area contributed by atoms with E-state index in [9.17, 15) is 4.39 Å². The van der Waals surface area contributed by atoms with Crippen molar-refractivity contribution < 1.29 is 9.13 Å². The lowest BCUT2D eigenvalue weighted by Crippen LogP contribution is -2.29. The standard InChI is InChI=1S/C17H21FN2O/c1-3-16-15(18)9-13(11-19-16)20-8-4-5-12-6-7-14(21-2)10-17(12)20/h9-11H,3-8H2,1-2H3. The van der Waals surface area contributed by atoms with Gasteiger partial charge in [0, 0.05) is 24.7 Å². The lowest BCUT2D eigenvalue weighted by molar-refractivity contribution is 0.274. The van der Waals surface area contributed by atoms with Crippen molar-refractivity contribution in [3.05, 3.63) is 46.9 Å². The molecule has 2 heterocycles. The Labute approximate surface area is 125 Å². The molecule has 3 rings (SSSR count). The Bertz CT molecular complexity index is 607. The molecule has 0 aromatic carbocycles. The molecule has 0 radical (unpaired) electrons. The minimum absolute atomic E-state index is 0.213. The van der Waals surface area contributed by atoms with E-state index < -0.39 is 0 Å². The number of hydrogen-bond acceptors (Lipinski definition) is 3. The van der Waals surface area contributed by atoms with Crippen molar-refractivity contribution in [3.63, 3.8) is 0 Å². The molecule has 1 aliphatic heterocycles. The Morgan fingerprint density at radius 1 is 1.33 bits per heavy atom. The molecular formula is C17H21FN2O. The number of ether oxygens (including phenoxy) is 1. The minimum atomic E-state index is -0.213. The second kappa shape index (κ2) is 5.88. The van der Waals surface area contributed by atoms with E-state index in [1.807, 2.05) is 6.92 Å². The number of allylic oxidation sites excluding steroid dienone is 3. The molecule has 4 heteroatoms. The van der Waals surface area contributed by atoms with Crippen molar-refractivity contribution in [1.82, 2.24) is 4.98 Å². The van der Waals surface area contributed by atoms with Gasteiger partial charge in [0.05, 0.1) is 30.4 Å². The van der Waals surface area contributed by atoms with Crippen molar-refractivity contribution in [2.45, 2.75) is 39.0 Å². The van der Waals surface area contributed by atoms with Crippen LogP contribution in [0.5, 0.6) is 0 Å². The highest BCUT2D eigenvalue weighted by Crippen LogP contribution is 2.35. The van der Waals surface area contributed by atoms with E-state index in [-0.39, 0.29) is 5.82 Å². The summed E-state index contributed by atoms with van der Waals surface area (Å²) >= 11 is 0. The highest BCUT2D eigenvalue weighted by molar-refractivity contribution is 5.57. The van der Waals surface area contributed by atoms with Crippen molar-refractivity contribution in [3.8, 4) is 0 Å². The van der Waals surface area contributed by atoms with Gasteiger partial charge in [-0.05, 0) is 37.3 Å². The van der Waals surface area contributed by atoms with Crippen LogP contribution in [0.2, 0.25) is 0 Å². The van der Waals surface area contributed by atoms with E-state index in [4.69, 9.17) is 4.74 Å². The summed E-state index contributed by atoms with van der Waals surface area (Å²) in [6.45, 7) is 2.82. The number of anilines is 1. The van der Waals surface area contributed by atoms with Gasteiger partial charge in [0.25, 0.3) is 0 Å². The monoisotopic (exact) mass is 288 g/mol. The van der Waals surface area contributed by atoms with E-state index in [0.717, 1.165) is 43.7 Å². The molecule has 0 atom stereocenters. The molecule has 21 heavy (non-hydrogen) atoms. The summed E-state index contributed by atoms with van der Waals surface area (Å²) in [7, 11) is 1.71. The molecule has 2 aliphatic rings. The Morgan fingerprint density at radius 3 is 2.90 bits per heavy atom. The zero-order chi connectivity index (χ0) is 14.8. The third-order valence-electron chi connectivity index (χ3n) is 4.30. The summed E-state index contributed by atoms with van der Waals surface area (Å²) < 4.78 is 19.4. The molecule has 1 aromatic heterocycles. The predicted molar refractivity (Wildman–Crippen MR) is 81.5 cm³/mol. The van der Waals surface area contributed by atoms with Gasteiger partial charge in [0.1, 0.15) is 5.82 Å². The van der Waals surface area contributed by atoms with Gasteiger partial charge in [0.15, 0.2) is 0 Å². The zero-order valence-corrected chi connectivity index (χ0v) is 12.7. The number of methoxy groups -OCH3 is 1. The molecule has 0 saturated heterocycles. The first-order valence-corrected chi connectivity index (χ1v) is 7.61. The summed E-state index contributed by atoms with van der Waals surface area (Å²) in [6.07, 6.45) is 8.73. The van der Waals surface area contributed by atoms with E-state index >= 15 is 0 Å². The first kappa shape index (κ1) is 14.1. The van der Waals surface area contributed by atoms with Gasteiger partial charge in [-0.25, -0.2) is 4.39 Å². The number of hydrogen-bond donors (Lipinski definition) is 0. The molecule has 0 N–H and O–H groups in total. The quantitative estimate of drug-likeness (QED) is 0.841. The molecule has 1 aromatic rings. The molecule has 0 bridgehead atoms. The average Bonchev–Trinajstić information content (AvgIpc) is 2.53. The minimum Gasteiger partial charge on any atom is -0.501 e. The SMILES string of the molecule is CCc1ncc(N2CCCC3=C2C=C(OC)CC3)cc1F. The highest BCUT2D eigenvalue weighted by atomic mass is 19.1. The Kier molecular flexibility index (Phi) is 3.95. The van der Waals surface area contributed by atoms with Gasteiger partial charge in [-0.2, -0.15) is 0 Å². The summed E-state index contributed by atoms with van der Waals surface area (Å²) in [4.78, 5) is 6.43. The lowest BCUT2D eigenvalue weighted by Gasteiger charge is -2.35. The second-order valence-corrected chi connectivity index (χ2v) is 5.53. The van der Waals surface area contributed by atoms with Crippen LogP contribution in [-0.2, 0) is 11.2 Å². The van der Waals surface area contributed by atoms with Crippen molar-refractivity contribution >= 4 is 5.69 Å². The molecule has 0 amide bonds. The van der Waals surface area contributed by atoms with E-state index in [1.54, 1.807) is 19.4 Å². The fourth-order valence-electron chi connectivity index (χ4n) is 3.11. The maximum Gasteiger partial charge on any atom is 0.146 e. The van der Waals surface area contributed by atoms with Gasteiger partial charge >= 0.3 is 0 Å². The third-order valence-corrected chi connectivity index (χ3v) is 4.30. The van der Waals surface area contributed by atoms with Gasteiger partial charge < -0.3 is 9.64 Å². The lowest BCUT2D eigenvalue weighted by atomic mass is 9.92. The molecule has 112 valence electrons. The van der Waals surface area contributed by atoms with Crippen molar-refractivity contribution in [2.24, 2.45) is 0 Å². The largest absolute Gasteiger partial charge is 0.501 e. The number of aryl methyl sites for hydroxylation is 1. The fourth-order valence-corrected chi connectivity index (χ4v) is 3.11. The maximum absolute atomic E-state index is 14.0. The van der Waals surface area contributed by atoms with Crippen LogP contribution in [0.3, 0.4) is 0 Å². The van der Waals surface area contributed by atoms with Gasteiger partial charge in [-0.3, -0.25) is 4.98 Å². The number of pyridine rings is 1. The second-order valence-electron chi connectivity index (χ2n) is 5.53. The van der Waals surface area contributed by atoms with Crippen LogP contribution in [0.25, 0.3) is 0 Å². The highest BCUT2D eigenvalue weighted by Gasteiger charge is 2.24. The molecule has 3 nitrogen and oxygen atoms in total. The summed E-state index contributed by atoms with van der Waals surface area (Å²) in [5.41, 5.74) is 3.99. The van der Waals surface area contributed by atoms with Crippen LogP contribution in [0, 0.1) is 5.82 Å². The van der Waals surface area contributed by atoms with Gasteiger partial charge in [-0.1, -0.05) is 6.92 Å². The number of aromatic nitrogens is 1. The third kappa shape index (κ3) is 2.67. The van der Waals surface area contributed by atoms with Crippen LogP contribution < -0.4 is 4.90 Å². The van der Waals surface area contributed by atoms with Crippen LogP contribution in [-0.4, -0.2) is 18.6 Å². The molecule has 1 aliphatic carbocycles. The van der Waals surface area contributed by atoms with Crippen LogP contribution >= 0.6 is 0 Å². The van der Waals surface area contributed by atoms with E-state index in [2.05, 4.69) is 16.0 Å². The number of halogens is 1. The molecule has 0 unspecified atom stereocenters. The average molecular weight is 288 g/mol. The van der Waals surface area contributed by atoms with Gasteiger partial charge in [0.2, 0.25) is 0 Å². The normalized spacial score (nSPS) is 18.4. The zero-order valence-electron chi connectivity index (χ0n) is 12.7.